The van der Waals surface area contributed by atoms with Crippen molar-refractivity contribution in [3.8, 4) is 22.3 Å². The second kappa shape index (κ2) is 45.3. The predicted molar refractivity (Wildman–Crippen MR) is 520 cm³/mol. The van der Waals surface area contributed by atoms with Crippen molar-refractivity contribution in [2.24, 2.45) is 5.73 Å². The number of hydrogen-bond acceptors (Lipinski definition) is 19. The Hall–Kier alpha value is -12.1. The number of fused-ring (bicyclic) bond motifs is 6. The van der Waals surface area contributed by atoms with Crippen molar-refractivity contribution < 1.29 is 81.4 Å². The topological polar surface area (TPSA) is 427 Å². The summed E-state index contributed by atoms with van der Waals surface area (Å²) >= 11 is 14.1. The maximum atomic E-state index is 16.7. The van der Waals surface area contributed by atoms with E-state index in [4.69, 9.17) is 38.8 Å². The van der Waals surface area contributed by atoms with Crippen LogP contribution in [0.1, 0.15) is 187 Å². The van der Waals surface area contributed by atoms with E-state index in [1.807, 2.05) is 97.1 Å². The van der Waals surface area contributed by atoms with E-state index in [9.17, 15) is 33.6 Å². The molecule has 0 spiro atoms. The van der Waals surface area contributed by atoms with Crippen molar-refractivity contribution in [1.82, 2.24) is 63.0 Å². The predicted octanol–water partition coefficient (Wildman–Crippen LogP) is 9.11. The molecule has 134 heavy (non-hydrogen) atoms. The van der Waals surface area contributed by atoms with Crippen molar-refractivity contribution in [3.05, 3.63) is 216 Å². The number of primary amides is 1. The minimum atomic E-state index is -3.52. The van der Waals surface area contributed by atoms with Crippen LogP contribution in [0.2, 0.25) is 0 Å². The summed E-state index contributed by atoms with van der Waals surface area (Å²) in [5, 5.41) is 27.4. The number of rotatable bonds is 38. The summed E-state index contributed by atoms with van der Waals surface area (Å²) in [5.74, 6) is -13.2. The van der Waals surface area contributed by atoms with Crippen LogP contribution in [0.5, 0.6) is 0 Å². The van der Waals surface area contributed by atoms with Gasteiger partial charge in [-0.3, -0.25) is 62.3 Å². The van der Waals surface area contributed by atoms with E-state index in [1.54, 1.807) is 91.0 Å². The molecule has 10 atom stereocenters. The smallest absolute Gasteiger partial charge is 0.417 e. The Bertz CT molecular complexity index is 5490. The van der Waals surface area contributed by atoms with E-state index in [2.05, 4.69) is 53.2 Å². The summed E-state index contributed by atoms with van der Waals surface area (Å²) in [7, 11) is 0. The molecule has 11 rings (SSSR count). The van der Waals surface area contributed by atoms with Gasteiger partial charge in [0.1, 0.15) is 84.7 Å². The highest BCUT2D eigenvalue weighted by Gasteiger charge is 2.50. The quantitative estimate of drug-likeness (QED) is 0.0161. The lowest BCUT2D eigenvalue weighted by Gasteiger charge is -2.44. The Morgan fingerprint density at radius 1 is 0.381 bits per heavy atom. The van der Waals surface area contributed by atoms with Gasteiger partial charge in [0.2, 0.25) is 65.0 Å². The first-order valence-electron chi connectivity index (χ1n) is 45.7. The molecule has 7 aromatic carbocycles. The fraction of sp³-hybridized carbons (Fsp3) is 0.430. The molecule has 7 aromatic rings. The molecule has 0 heterocycles. The number of nitrogens with one attached hydrogen (secondary N) is 10. The van der Waals surface area contributed by atoms with E-state index in [1.165, 1.54) is 83.1 Å². The number of carbonyl (C=O) groups is 15. The maximum Gasteiger partial charge on any atom is 0.417 e. The van der Waals surface area contributed by atoms with Gasteiger partial charge in [-0.1, -0.05) is 250 Å². The van der Waals surface area contributed by atoms with E-state index in [-0.39, 0.29) is 30.5 Å². The average Bonchev–Trinajstić information content (AvgIpc) is 1.61. The third-order valence-corrected chi connectivity index (χ3v) is 37.1. The first kappa shape index (κ1) is 102. The normalized spacial score (nSPS) is 16.2. The van der Waals surface area contributed by atoms with Crippen LogP contribution in [0, 0.1) is 0 Å². The van der Waals surface area contributed by atoms with Gasteiger partial charge in [-0.15, -0.1) is 0 Å². The van der Waals surface area contributed by atoms with Crippen LogP contribution in [0.3, 0.4) is 0 Å². The average molecular weight is 1910 g/mol. The Labute approximate surface area is 792 Å². The zero-order valence-corrected chi connectivity index (χ0v) is 81.1. The maximum absolute atomic E-state index is 16.7. The van der Waals surface area contributed by atoms with Crippen LogP contribution in [0.25, 0.3) is 22.3 Å². The fourth-order valence-electron chi connectivity index (χ4n) is 18.0. The van der Waals surface area contributed by atoms with Gasteiger partial charge in [-0.05, 0) is 180 Å². The Balaban J connectivity index is 0.974. The first-order valence-corrected chi connectivity index (χ1v) is 51.8. The lowest BCUT2D eigenvalue weighted by atomic mass is 9.98. The molecule has 0 saturated heterocycles. The molecule has 0 bridgehead atoms. The molecule has 0 radical (unpaired) electrons. The number of hydrogen-bond donors (Lipinski definition) is 11. The van der Waals surface area contributed by atoms with Gasteiger partial charge in [0.25, 0.3) is 11.8 Å². The van der Waals surface area contributed by atoms with Crippen molar-refractivity contribution >= 4 is 135 Å². The highest BCUT2D eigenvalue weighted by atomic mass is 32.4. The molecule has 34 heteroatoms. The molecule has 30 nitrogen and oxygen atoms in total. The standard InChI is InChI=1S/C100H123N13O17P2S2/c1-59(85(101)115)107-95(125)99(9,10)111-89(119)63(5)104-90(120)82(54-67-36-18-13-19-37-67)109-92(122)84(58-132(134,70-42-24-16-25-43-70)71-44-26-17-27-45-71)113(98(128)130-56-81-78-52-34-30-48-74(78)75-49-31-35-53-79(75)81)93(123)64(6)106-87(117)61(3)105-91(121)83(57-131(133,68-38-20-14-21-39-68)69-40-22-15-23-41-69)112(97(127)129-55-80-76-50-32-28-46-72(76)73-47-29-33-51-77(73)80)94(124)65(7)108-96(126)100(11,12)110-88(118)62(4)103-86(116)60(2)102-66(8)114/h13-15,18-23,28-41,46-53,59-65,70-71,80-84H,16-17,24-27,42-45,54-58H2,1-12H3,(H2,101,115)(H,102,114)(H,103,116)(H,104,120)(H,105,121)(H,106,117)(H,107,125)(H,108,126)(H,109,122)(H,110,118)(H,111,119)/t59-,60-,61-,62-,63-,64-,65-,82-,83+,84-/m0/s1. The molecule has 0 aliphatic heterocycles. The van der Waals surface area contributed by atoms with E-state index < -0.39 is 197 Å². The highest BCUT2D eigenvalue weighted by Crippen LogP contribution is 2.64. The van der Waals surface area contributed by atoms with Crippen molar-refractivity contribution in [2.75, 3.05) is 25.5 Å². The van der Waals surface area contributed by atoms with Crippen LogP contribution in [0.15, 0.2) is 188 Å². The van der Waals surface area contributed by atoms with E-state index in [0.717, 1.165) is 83.0 Å². The second-order valence-electron chi connectivity index (χ2n) is 36.4. The third kappa shape index (κ3) is 24.7. The molecule has 12 N–H and O–H groups in total. The van der Waals surface area contributed by atoms with Crippen LogP contribution < -0.4 is 69.5 Å². The molecule has 0 aromatic heterocycles. The molecule has 4 aliphatic rings. The van der Waals surface area contributed by atoms with Crippen LogP contribution in [-0.2, 0) is 102 Å². The van der Waals surface area contributed by atoms with Crippen LogP contribution >= 0.6 is 12.1 Å². The van der Waals surface area contributed by atoms with Crippen molar-refractivity contribution in [1.29, 1.82) is 0 Å². The molecule has 15 amide bonds. The first-order chi connectivity index (χ1) is 63.6. The Morgan fingerprint density at radius 2 is 0.701 bits per heavy atom. The SMILES string of the molecule is CC(=O)N[C@@H](C)C(=O)N[C@@H](C)C(=O)NC(C)(C)C(=O)N[C@@H](C)C(=O)N(C(=O)OCC1c2ccccc2-c2ccccc21)[C@H](CP(=S)(c1ccccc1)c1ccccc1)C(=O)N[C@@H](C)C(=O)N[C@@H](C)C(=O)N(C(=O)OCC1c2ccccc2-c2ccccc21)[C@@H](CP(=S)(C1CCCCC1)C1CCCCC1)C(=O)N[C@@H](Cc1ccccc1)C(=O)N[C@@H](C)C(=O)NC(C)(C)C(=O)N[C@@H](C)C(N)=O. The highest BCUT2D eigenvalue weighted by molar-refractivity contribution is 8.22. The zero-order valence-electron chi connectivity index (χ0n) is 77.7. The van der Waals surface area contributed by atoms with Gasteiger partial charge in [-0.25, -0.2) is 19.4 Å². The van der Waals surface area contributed by atoms with Gasteiger partial charge in [-0.2, -0.15) is 0 Å². The lowest BCUT2D eigenvalue weighted by molar-refractivity contribution is -0.143. The summed E-state index contributed by atoms with van der Waals surface area (Å²) in [5.41, 5.74) is 8.86. The molecule has 2 fully saturated rings. The molecular weight excluding hydrogens is 1780 g/mol. The fourth-order valence-corrected chi connectivity index (χ4v) is 28.2. The number of imide groups is 2. The number of nitrogens with zero attached hydrogens (tertiary/aromatic N) is 2. The van der Waals surface area contributed by atoms with E-state index in [0.29, 0.717) is 51.7 Å². The van der Waals surface area contributed by atoms with Gasteiger partial charge >= 0.3 is 12.2 Å². The van der Waals surface area contributed by atoms with Gasteiger partial charge in [0.05, 0.1) is 0 Å². The Kier molecular flexibility index (Phi) is 34.6. The van der Waals surface area contributed by atoms with E-state index >= 15 is 38.4 Å². The molecule has 712 valence electrons. The molecule has 0 unspecified atom stereocenters. The van der Waals surface area contributed by atoms with Crippen LogP contribution in [0.4, 0.5) is 9.59 Å². The summed E-state index contributed by atoms with van der Waals surface area (Å²) in [4.78, 5) is 223. The number of benzene rings is 7. The van der Waals surface area contributed by atoms with Gasteiger partial charge < -0.3 is 68.4 Å². The van der Waals surface area contributed by atoms with Crippen molar-refractivity contribution in [2.45, 2.75) is 248 Å². The minimum Gasteiger partial charge on any atom is -0.448 e. The second-order valence-corrected chi connectivity index (χ2v) is 46.7. The minimum absolute atomic E-state index is 0.120. The van der Waals surface area contributed by atoms with Gasteiger partial charge in [0.15, 0.2) is 0 Å². The largest absolute Gasteiger partial charge is 0.448 e. The molecular formula is C100H123N13O17P2S2. The zero-order chi connectivity index (χ0) is 97.3. The number of nitrogens with two attached hydrogens (primary N) is 1. The molecule has 4 aliphatic carbocycles. The summed E-state index contributed by atoms with van der Waals surface area (Å²) < 4.78 is 12.8. The summed E-state index contributed by atoms with van der Waals surface area (Å²) in [6.07, 6.45) is 4.29. The molecule has 2 saturated carbocycles. The third-order valence-electron chi connectivity index (χ3n) is 25.6. The van der Waals surface area contributed by atoms with Gasteiger partial charge in [0, 0.05) is 43.5 Å². The number of ether oxygens (including phenoxy) is 2. The van der Waals surface area contributed by atoms with Crippen LogP contribution in [-0.4, -0.2) is 207 Å². The number of amides is 15. The monoisotopic (exact) mass is 1900 g/mol. The number of carbonyl (C=O) groups excluding carboxylic acids is 15. The lowest BCUT2D eigenvalue weighted by Crippen LogP contribution is -2.64. The van der Waals surface area contributed by atoms with Crippen molar-refractivity contribution in [3.63, 3.8) is 0 Å². The summed E-state index contributed by atoms with van der Waals surface area (Å²) in [6.45, 7) is 15.2. The Morgan fingerprint density at radius 3 is 1.10 bits per heavy atom. The summed E-state index contributed by atoms with van der Waals surface area (Å²) in [6, 6.07) is 34.2.